The predicted molar refractivity (Wildman–Crippen MR) is 98.2 cm³/mol. The van der Waals surface area contributed by atoms with Gasteiger partial charge < -0.3 is 0 Å². The Labute approximate surface area is 147 Å². The molecule has 4 nitrogen and oxygen atoms in total. The minimum atomic E-state index is -3.89. The van der Waals surface area contributed by atoms with Gasteiger partial charge in [0.1, 0.15) is 5.69 Å². The molecule has 0 bridgehead atoms. The lowest BCUT2D eigenvalue weighted by atomic mass is 10.2. The zero-order valence-electron chi connectivity index (χ0n) is 11.9. The van der Waals surface area contributed by atoms with Crippen molar-refractivity contribution in [1.29, 1.82) is 0 Å². The highest BCUT2D eigenvalue weighted by Crippen LogP contribution is 2.31. The molecule has 0 aliphatic heterocycles. The van der Waals surface area contributed by atoms with Gasteiger partial charge in [-0.15, -0.1) is 0 Å². The fourth-order valence-corrected chi connectivity index (χ4v) is 5.10. The van der Waals surface area contributed by atoms with Crippen LogP contribution in [0, 0.1) is 3.57 Å². The van der Waals surface area contributed by atoms with Crippen LogP contribution in [0.1, 0.15) is 10.5 Å². The molecule has 0 aliphatic rings. The van der Waals surface area contributed by atoms with Gasteiger partial charge in [-0.1, -0.05) is 43.0 Å². The lowest BCUT2D eigenvalue weighted by Crippen LogP contribution is -2.18. The van der Waals surface area contributed by atoms with Gasteiger partial charge in [0.25, 0.3) is 10.0 Å². The number of para-hydroxylation sites is 1. The van der Waals surface area contributed by atoms with Crippen LogP contribution < -0.4 is 0 Å². The molecular formula is C17H12INO3S. The zero-order valence-corrected chi connectivity index (χ0v) is 14.9. The largest absolute Gasteiger partial charge is 0.288 e. The zero-order chi connectivity index (χ0) is 16.6. The molecule has 0 unspecified atom stereocenters. The smallest absolute Gasteiger partial charge is 0.268 e. The van der Waals surface area contributed by atoms with E-state index in [1.165, 1.54) is 12.1 Å². The first-order chi connectivity index (χ1) is 11.0. The quantitative estimate of drug-likeness (QED) is 0.354. The summed E-state index contributed by atoms with van der Waals surface area (Å²) in [5.41, 5.74) is 0.594. The van der Waals surface area contributed by atoms with Gasteiger partial charge in [0.05, 0.1) is 14.0 Å². The lowest BCUT2D eigenvalue weighted by molar-refractivity contribution is 0.104. The number of carbonyl (C=O) groups is 1. The van der Waals surface area contributed by atoms with Crippen LogP contribution in [-0.4, -0.2) is 18.2 Å². The average Bonchev–Trinajstić information content (AvgIpc) is 2.89. The topological polar surface area (TPSA) is 56.1 Å². The van der Waals surface area contributed by atoms with Crippen LogP contribution in [0.25, 0.3) is 10.9 Å². The van der Waals surface area contributed by atoms with Gasteiger partial charge in [-0.25, -0.2) is 12.4 Å². The standard InChI is InChI=1S/C17H12INO3S/c1-2-15(20)17-16(18)13-10-6-7-11-14(13)19(17)23(21,22)12-8-4-3-5-9-12/h2-11H,1H2. The van der Waals surface area contributed by atoms with E-state index < -0.39 is 15.8 Å². The summed E-state index contributed by atoms with van der Waals surface area (Å²) in [5.74, 6) is -0.426. The normalized spacial score (nSPS) is 11.5. The molecular weight excluding hydrogens is 425 g/mol. The first kappa shape index (κ1) is 15.9. The second-order valence-corrected chi connectivity index (χ2v) is 7.70. The van der Waals surface area contributed by atoms with Crippen molar-refractivity contribution < 1.29 is 13.2 Å². The van der Waals surface area contributed by atoms with Crippen LogP contribution >= 0.6 is 22.6 Å². The molecule has 3 rings (SSSR count). The number of carbonyl (C=O) groups excluding carboxylic acids is 1. The number of allylic oxidation sites excluding steroid dienone is 1. The van der Waals surface area contributed by atoms with E-state index in [4.69, 9.17) is 0 Å². The molecule has 116 valence electrons. The Morgan fingerprint density at radius 1 is 1.04 bits per heavy atom. The molecule has 0 atom stereocenters. The second-order valence-electron chi connectivity index (χ2n) is 4.83. The van der Waals surface area contributed by atoms with E-state index in [9.17, 15) is 13.2 Å². The molecule has 1 aromatic heterocycles. The van der Waals surface area contributed by atoms with Gasteiger partial charge in [0, 0.05) is 5.39 Å². The molecule has 1 heterocycles. The molecule has 0 saturated carbocycles. The van der Waals surface area contributed by atoms with Crippen LogP contribution in [0.4, 0.5) is 0 Å². The number of rotatable bonds is 4. The molecule has 0 spiro atoms. The number of fused-ring (bicyclic) bond motifs is 1. The van der Waals surface area contributed by atoms with E-state index in [1.807, 2.05) is 28.7 Å². The van der Waals surface area contributed by atoms with E-state index >= 15 is 0 Å². The summed E-state index contributed by atoms with van der Waals surface area (Å²) >= 11 is 2.00. The second kappa shape index (κ2) is 5.93. The number of nitrogens with zero attached hydrogens (tertiary/aromatic N) is 1. The molecule has 6 heteroatoms. The number of hydrogen-bond acceptors (Lipinski definition) is 3. The van der Waals surface area contributed by atoms with Crippen molar-refractivity contribution in [1.82, 2.24) is 3.97 Å². The van der Waals surface area contributed by atoms with E-state index in [1.54, 1.807) is 36.4 Å². The highest BCUT2D eigenvalue weighted by atomic mass is 127. The van der Waals surface area contributed by atoms with Crippen LogP contribution in [0.5, 0.6) is 0 Å². The number of ketones is 1. The lowest BCUT2D eigenvalue weighted by Gasteiger charge is -2.10. The fourth-order valence-electron chi connectivity index (χ4n) is 2.43. The third-order valence-electron chi connectivity index (χ3n) is 3.47. The number of benzene rings is 2. The Bertz CT molecular complexity index is 1020. The highest BCUT2D eigenvalue weighted by Gasteiger charge is 2.28. The molecule has 23 heavy (non-hydrogen) atoms. The Balaban J connectivity index is 2.46. The molecule has 3 aromatic rings. The molecule has 0 N–H and O–H groups in total. The van der Waals surface area contributed by atoms with Crippen molar-refractivity contribution in [2.75, 3.05) is 0 Å². The Morgan fingerprint density at radius 3 is 2.30 bits per heavy atom. The third kappa shape index (κ3) is 2.51. The Kier molecular flexibility index (Phi) is 4.11. The number of aromatic nitrogens is 1. The predicted octanol–water partition coefficient (Wildman–Crippen LogP) is 3.85. The van der Waals surface area contributed by atoms with Gasteiger partial charge in [-0.05, 0) is 46.9 Å². The van der Waals surface area contributed by atoms with Crippen molar-refractivity contribution >= 4 is 49.3 Å². The van der Waals surface area contributed by atoms with Crippen molar-refractivity contribution in [2.45, 2.75) is 4.90 Å². The Hall–Kier alpha value is -1.93. The monoisotopic (exact) mass is 437 g/mol. The van der Waals surface area contributed by atoms with Crippen LogP contribution in [0.15, 0.2) is 72.1 Å². The minimum absolute atomic E-state index is 0.116. The maximum Gasteiger partial charge on any atom is 0.268 e. The number of hydrogen-bond donors (Lipinski definition) is 0. The third-order valence-corrected chi connectivity index (χ3v) is 6.29. The van der Waals surface area contributed by atoms with Crippen LogP contribution in [0.2, 0.25) is 0 Å². The van der Waals surface area contributed by atoms with Gasteiger partial charge in [0.2, 0.25) is 5.78 Å². The van der Waals surface area contributed by atoms with E-state index in [-0.39, 0.29) is 10.6 Å². The van der Waals surface area contributed by atoms with Crippen molar-refractivity contribution in [3.05, 3.63) is 76.5 Å². The van der Waals surface area contributed by atoms with Crippen molar-refractivity contribution in [3.8, 4) is 0 Å². The van der Waals surface area contributed by atoms with Crippen molar-refractivity contribution in [3.63, 3.8) is 0 Å². The van der Waals surface area contributed by atoms with Crippen LogP contribution in [0.3, 0.4) is 0 Å². The SMILES string of the molecule is C=CC(=O)c1c(I)c2ccccc2n1S(=O)(=O)c1ccccc1. The van der Waals surface area contributed by atoms with Gasteiger partial charge in [-0.3, -0.25) is 4.79 Å². The molecule has 2 aromatic carbocycles. The molecule has 0 amide bonds. The van der Waals surface area contributed by atoms with Gasteiger partial charge in [0.15, 0.2) is 0 Å². The van der Waals surface area contributed by atoms with E-state index in [2.05, 4.69) is 6.58 Å². The summed E-state index contributed by atoms with van der Waals surface area (Å²) in [6.07, 6.45) is 1.13. The van der Waals surface area contributed by atoms with Gasteiger partial charge in [-0.2, -0.15) is 0 Å². The maximum atomic E-state index is 13.1. The van der Waals surface area contributed by atoms with E-state index in [0.717, 1.165) is 15.4 Å². The summed E-state index contributed by atoms with van der Waals surface area (Å²) < 4.78 is 27.9. The first-order valence-electron chi connectivity index (χ1n) is 6.75. The summed E-state index contributed by atoms with van der Waals surface area (Å²) in [5, 5.41) is 0.720. The molecule has 0 aliphatic carbocycles. The summed E-state index contributed by atoms with van der Waals surface area (Å²) in [6, 6.07) is 15.1. The maximum absolute atomic E-state index is 13.1. The summed E-state index contributed by atoms with van der Waals surface area (Å²) in [4.78, 5) is 12.4. The number of halogens is 1. The highest BCUT2D eigenvalue weighted by molar-refractivity contribution is 14.1. The van der Waals surface area contributed by atoms with E-state index in [0.29, 0.717) is 9.09 Å². The van der Waals surface area contributed by atoms with Crippen LogP contribution in [-0.2, 0) is 10.0 Å². The summed E-state index contributed by atoms with van der Waals surface area (Å²) in [7, 11) is -3.89. The molecule has 0 fully saturated rings. The average molecular weight is 437 g/mol. The minimum Gasteiger partial charge on any atom is -0.288 e. The Morgan fingerprint density at radius 2 is 1.65 bits per heavy atom. The molecule has 0 saturated heterocycles. The van der Waals surface area contributed by atoms with Gasteiger partial charge >= 0.3 is 0 Å². The molecule has 0 radical (unpaired) electrons. The first-order valence-corrected chi connectivity index (χ1v) is 9.26. The fraction of sp³-hybridized carbons (Fsp3) is 0. The van der Waals surface area contributed by atoms with Crippen molar-refractivity contribution in [2.24, 2.45) is 0 Å². The summed E-state index contributed by atoms with van der Waals surface area (Å²) in [6.45, 7) is 3.48.